The van der Waals surface area contributed by atoms with Crippen LogP contribution >= 0.6 is 0 Å². The average Bonchev–Trinajstić information content (AvgIpc) is 2.38. The summed E-state index contributed by atoms with van der Waals surface area (Å²) in [6.45, 7) is 0.506. The van der Waals surface area contributed by atoms with Crippen molar-refractivity contribution in [2.24, 2.45) is 5.73 Å². The zero-order valence-corrected chi connectivity index (χ0v) is 11.2. The van der Waals surface area contributed by atoms with Crippen molar-refractivity contribution in [1.29, 1.82) is 0 Å². The molecule has 7 heteroatoms. The van der Waals surface area contributed by atoms with E-state index in [0.717, 1.165) is 0 Å². The third-order valence-electron chi connectivity index (χ3n) is 2.50. The van der Waals surface area contributed by atoms with Crippen LogP contribution in [-0.2, 0) is 10.0 Å². The van der Waals surface area contributed by atoms with Gasteiger partial charge in [-0.3, -0.25) is 4.79 Å². The summed E-state index contributed by atoms with van der Waals surface area (Å²) in [4.78, 5) is 11.5. The van der Waals surface area contributed by atoms with Crippen molar-refractivity contribution in [3.05, 3.63) is 29.8 Å². The topological polar surface area (TPSA) is 92.5 Å². The highest BCUT2D eigenvalue weighted by atomic mass is 32.2. The second kappa shape index (κ2) is 5.94. The van der Waals surface area contributed by atoms with E-state index >= 15 is 0 Å². The minimum absolute atomic E-state index is 0.145. The molecule has 0 aromatic heterocycles. The van der Waals surface area contributed by atoms with Crippen LogP contribution in [0.2, 0.25) is 0 Å². The van der Waals surface area contributed by atoms with Crippen LogP contribution in [0.1, 0.15) is 10.4 Å². The van der Waals surface area contributed by atoms with E-state index in [1.807, 2.05) is 0 Å². The van der Waals surface area contributed by atoms with Crippen molar-refractivity contribution in [3.63, 3.8) is 0 Å². The number of hydrogen-bond donors (Lipinski definition) is 2. The summed E-state index contributed by atoms with van der Waals surface area (Å²) in [6, 6.07) is 5.77. The lowest BCUT2D eigenvalue weighted by Crippen LogP contribution is -2.31. The number of likely N-dealkylation sites (N-methyl/N-ethyl adjacent to an activating group) is 1. The number of nitrogens with one attached hydrogen (secondary N) is 1. The van der Waals surface area contributed by atoms with E-state index in [0.29, 0.717) is 5.56 Å². The largest absolute Gasteiger partial charge is 0.355 e. The van der Waals surface area contributed by atoms with Gasteiger partial charge in [0.05, 0.1) is 4.90 Å². The molecule has 0 heterocycles. The van der Waals surface area contributed by atoms with E-state index in [1.54, 1.807) is 0 Å². The molecular formula is C11H17N3O3S. The minimum atomic E-state index is -3.53. The summed E-state index contributed by atoms with van der Waals surface area (Å²) < 4.78 is 25.3. The molecule has 0 aliphatic carbocycles. The number of rotatable bonds is 5. The molecule has 0 spiro atoms. The number of nitrogens with zero attached hydrogens (tertiary/aromatic N) is 1. The van der Waals surface area contributed by atoms with Gasteiger partial charge in [-0.15, -0.1) is 0 Å². The van der Waals surface area contributed by atoms with Gasteiger partial charge in [0, 0.05) is 32.7 Å². The lowest BCUT2D eigenvalue weighted by molar-refractivity contribution is 0.0963. The Kier molecular flexibility index (Phi) is 4.83. The number of carbonyl (C=O) groups excluding carboxylic acids is 1. The van der Waals surface area contributed by atoms with Crippen LogP contribution in [0.25, 0.3) is 0 Å². The van der Waals surface area contributed by atoms with Gasteiger partial charge in [-0.2, -0.15) is 4.31 Å². The summed E-state index contributed by atoms with van der Waals surface area (Å²) in [5.41, 5.74) is 5.74. The number of sulfonamides is 1. The fourth-order valence-corrected chi connectivity index (χ4v) is 2.59. The van der Waals surface area contributed by atoms with Crippen molar-refractivity contribution in [2.45, 2.75) is 4.90 Å². The van der Waals surface area contributed by atoms with Crippen molar-refractivity contribution in [2.75, 3.05) is 27.2 Å². The molecule has 1 aromatic carbocycles. The van der Waals surface area contributed by atoms with Gasteiger partial charge in [0.2, 0.25) is 10.0 Å². The third-order valence-corrected chi connectivity index (χ3v) is 4.37. The lowest BCUT2D eigenvalue weighted by atomic mass is 10.2. The van der Waals surface area contributed by atoms with Crippen LogP contribution in [0.4, 0.5) is 0 Å². The van der Waals surface area contributed by atoms with E-state index in [2.05, 4.69) is 5.32 Å². The molecule has 1 rings (SSSR count). The number of amides is 1. The van der Waals surface area contributed by atoms with Gasteiger partial charge in [-0.1, -0.05) is 0 Å². The Morgan fingerprint density at radius 1 is 1.33 bits per heavy atom. The second-order valence-corrected chi connectivity index (χ2v) is 5.76. The molecule has 100 valence electrons. The molecule has 3 N–H and O–H groups in total. The second-order valence-electron chi connectivity index (χ2n) is 3.72. The molecule has 0 radical (unpaired) electrons. The fraction of sp³-hybridized carbons (Fsp3) is 0.364. The highest BCUT2D eigenvalue weighted by Gasteiger charge is 2.20. The number of nitrogens with two attached hydrogens (primary N) is 1. The van der Waals surface area contributed by atoms with Gasteiger partial charge >= 0.3 is 0 Å². The van der Waals surface area contributed by atoms with E-state index in [-0.39, 0.29) is 23.9 Å². The van der Waals surface area contributed by atoms with Crippen molar-refractivity contribution in [3.8, 4) is 0 Å². The van der Waals surface area contributed by atoms with Crippen LogP contribution in [0.5, 0.6) is 0 Å². The smallest absolute Gasteiger partial charge is 0.251 e. The van der Waals surface area contributed by atoms with Crippen LogP contribution in [-0.4, -0.2) is 45.8 Å². The molecule has 18 heavy (non-hydrogen) atoms. The van der Waals surface area contributed by atoms with Gasteiger partial charge in [0.1, 0.15) is 0 Å². The standard InChI is InChI=1S/C11H17N3O3S/c1-13-11(15)9-3-5-10(6-4-9)18(16,17)14(2)8-7-12/h3-6H,7-8,12H2,1-2H3,(H,13,15). The molecule has 1 amide bonds. The van der Waals surface area contributed by atoms with E-state index in [1.165, 1.54) is 42.7 Å². The number of hydrogen-bond acceptors (Lipinski definition) is 4. The molecule has 0 fully saturated rings. The van der Waals surface area contributed by atoms with Crippen LogP contribution in [0.3, 0.4) is 0 Å². The van der Waals surface area contributed by atoms with E-state index in [9.17, 15) is 13.2 Å². The highest BCUT2D eigenvalue weighted by Crippen LogP contribution is 2.14. The monoisotopic (exact) mass is 271 g/mol. The quantitative estimate of drug-likeness (QED) is 0.764. The maximum absolute atomic E-state index is 12.0. The lowest BCUT2D eigenvalue weighted by Gasteiger charge is -2.16. The first kappa shape index (κ1) is 14.6. The Bertz CT molecular complexity index is 511. The predicted molar refractivity (Wildman–Crippen MR) is 68.7 cm³/mol. The number of carbonyl (C=O) groups is 1. The van der Waals surface area contributed by atoms with Gasteiger partial charge in [0.15, 0.2) is 0 Å². The Hall–Kier alpha value is -1.44. The van der Waals surface area contributed by atoms with E-state index < -0.39 is 10.0 Å². The Labute approximate surface area is 107 Å². The summed E-state index contributed by atoms with van der Waals surface area (Å²) in [5.74, 6) is -0.255. The minimum Gasteiger partial charge on any atom is -0.355 e. The molecule has 0 saturated heterocycles. The highest BCUT2D eigenvalue weighted by molar-refractivity contribution is 7.89. The van der Waals surface area contributed by atoms with Gasteiger partial charge < -0.3 is 11.1 Å². The maximum Gasteiger partial charge on any atom is 0.251 e. The summed E-state index contributed by atoms with van der Waals surface area (Å²) in [6.07, 6.45) is 0. The molecule has 0 unspecified atom stereocenters. The third kappa shape index (κ3) is 3.06. The molecular weight excluding hydrogens is 254 g/mol. The Morgan fingerprint density at radius 2 is 1.89 bits per heavy atom. The molecule has 1 aromatic rings. The molecule has 0 atom stereocenters. The van der Waals surface area contributed by atoms with E-state index in [4.69, 9.17) is 5.73 Å². The predicted octanol–water partition coefficient (Wildman–Crippen LogP) is -0.375. The zero-order valence-electron chi connectivity index (χ0n) is 10.4. The molecule has 0 bridgehead atoms. The van der Waals surface area contributed by atoms with Crippen molar-refractivity contribution < 1.29 is 13.2 Å². The van der Waals surface area contributed by atoms with Crippen molar-refractivity contribution in [1.82, 2.24) is 9.62 Å². The van der Waals surface area contributed by atoms with Gasteiger partial charge in [-0.25, -0.2) is 8.42 Å². The fourth-order valence-electron chi connectivity index (χ4n) is 1.40. The zero-order chi connectivity index (χ0) is 13.8. The normalized spacial score (nSPS) is 11.6. The first-order valence-electron chi connectivity index (χ1n) is 5.42. The van der Waals surface area contributed by atoms with Gasteiger partial charge in [0.25, 0.3) is 5.91 Å². The maximum atomic E-state index is 12.0. The molecule has 0 saturated carbocycles. The summed E-state index contributed by atoms with van der Waals surface area (Å²) >= 11 is 0. The Balaban J connectivity index is 3.01. The first-order chi connectivity index (χ1) is 8.43. The Morgan fingerprint density at radius 3 is 2.33 bits per heavy atom. The first-order valence-corrected chi connectivity index (χ1v) is 6.86. The van der Waals surface area contributed by atoms with Crippen LogP contribution in [0.15, 0.2) is 29.2 Å². The van der Waals surface area contributed by atoms with Crippen LogP contribution < -0.4 is 11.1 Å². The molecule has 0 aliphatic rings. The SMILES string of the molecule is CNC(=O)c1ccc(S(=O)(=O)N(C)CCN)cc1. The average molecular weight is 271 g/mol. The summed E-state index contributed by atoms with van der Waals surface area (Å²) in [7, 11) is -0.546. The number of benzene rings is 1. The van der Waals surface area contributed by atoms with Crippen LogP contribution in [0, 0.1) is 0 Å². The van der Waals surface area contributed by atoms with Crippen molar-refractivity contribution >= 4 is 15.9 Å². The van der Waals surface area contributed by atoms with Gasteiger partial charge in [-0.05, 0) is 24.3 Å². The molecule has 6 nitrogen and oxygen atoms in total. The molecule has 0 aliphatic heterocycles. The summed E-state index contributed by atoms with van der Waals surface area (Å²) in [5, 5.41) is 2.47.